The molecule has 0 saturated carbocycles. The Morgan fingerprint density at radius 2 is 2.18 bits per heavy atom. The van der Waals surface area contributed by atoms with E-state index in [2.05, 4.69) is 37.2 Å². The van der Waals surface area contributed by atoms with Crippen LogP contribution in [-0.4, -0.2) is 30.7 Å². The summed E-state index contributed by atoms with van der Waals surface area (Å²) in [5, 5.41) is 13.0. The Morgan fingerprint density at radius 1 is 1.53 bits per heavy atom. The van der Waals surface area contributed by atoms with Crippen molar-refractivity contribution in [2.24, 2.45) is 0 Å². The molecule has 0 aromatic heterocycles. The number of anilines is 1. The van der Waals surface area contributed by atoms with Gasteiger partial charge in [0.05, 0.1) is 34.3 Å². The van der Waals surface area contributed by atoms with Gasteiger partial charge in [0.2, 0.25) is 0 Å². The van der Waals surface area contributed by atoms with Crippen LogP contribution < -0.4 is 10.1 Å². The lowest BCUT2D eigenvalue weighted by Gasteiger charge is -2.16. The third-order valence-electron chi connectivity index (χ3n) is 2.04. The third-order valence-corrected chi connectivity index (χ3v) is 4.66. The summed E-state index contributed by atoms with van der Waals surface area (Å²) in [6, 6.07) is 1.75. The second-order valence-electron chi connectivity index (χ2n) is 3.25. The zero-order chi connectivity index (χ0) is 13.0. The molecule has 0 aliphatic carbocycles. The number of aliphatic hydroxyl groups is 1. The highest BCUT2D eigenvalue weighted by molar-refractivity contribution is 9.11. The summed E-state index contributed by atoms with van der Waals surface area (Å²) in [5.41, 5.74) is 0.685. The van der Waals surface area contributed by atoms with Crippen LogP contribution in [0.4, 0.5) is 5.69 Å². The van der Waals surface area contributed by atoms with Crippen molar-refractivity contribution in [1.29, 1.82) is 0 Å². The molecule has 96 valence electrons. The van der Waals surface area contributed by atoms with E-state index in [0.29, 0.717) is 27.5 Å². The SMILES string of the molecule is COc1cc(Br)c(Cl)c(Br)c1NCC(O)CCl. The number of benzene rings is 1. The van der Waals surface area contributed by atoms with Crippen LogP contribution in [0.5, 0.6) is 5.75 Å². The van der Waals surface area contributed by atoms with Gasteiger partial charge in [0, 0.05) is 11.0 Å². The Kier molecular flexibility index (Phi) is 6.37. The van der Waals surface area contributed by atoms with Gasteiger partial charge in [-0.05, 0) is 37.9 Å². The van der Waals surface area contributed by atoms with Crippen molar-refractivity contribution in [3.05, 3.63) is 20.0 Å². The van der Waals surface area contributed by atoms with E-state index in [1.165, 1.54) is 0 Å². The van der Waals surface area contributed by atoms with E-state index < -0.39 is 6.10 Å². The molecule has 0 aliphatic rings. The molecule has 0 bridgehead atoms. The minimum atomic E-state index is -0.629. The molecule has 0 spiro atoms. The maximum atomic E-state index is 9.40. The van der Waals surface area contributed by atoms with Gasteiger partial charge < -0.3 is 15.2 Å². The molecule has 1 aromatic rings. The van der Waals surface area contributed by atoms with E-state index in [1.807, 2.05) is 0 Å². The third kappa shape index (κ3) is 3.89. The number of rotatable bonds is 5. The van der Waals surface area contributed by atoms with Crippen LogP contribution in [0.15, 0.2) is 15.0 Å². The first-order valence-electron chi connectivity index (χ1n) is 4.70. The van der Waals surface area contributed by atoms with Crippen molar-refractivity contribution in [2.75, 3.05) is 24.9 Å². The second kappa shape index (κ2) is 7.04. The molecule has 3 nitrogen and oxygen atoms in total. The first kappa shape index (κ1) is 15.4. The minimum absolute atomic E-state index is 0.164. The Labute approximate surface area is 127 Å². The van der Waals surface area contributed by atoms with Gasteiger partial charge in [0.15, 0.2) is 0 Å². The summed E-state index contributed by atoms with van der Waals surface area (Å²) < 4.78 is 6.63. The number of hydrogen-bond donors (Lipinski definition) is 2. The smallest absolute Gasteiger partial charge is 0.144 e. The summed E-state index contributed by atoms with van der Waals surface area (Å²) in [7, 11) is 1.56. The van der Waals surface area contributed by atoms with Crippen molar-refractivity contribution >= 4 is 60.7 Å². The molecule has 17 heavy (non-hydrogen) atoms. The molecule has 2 N–H and O–H groups in total. The molecule has 1 unspecified atom stereocenters. The van der Waals surface area contributed by atoms with Crippen molar-refractivity contribution in [2.45, 2.75) is 6.10 Å². The molecule has 0 aliphatic heterocycles. The molecule has 1 atom stereocenters. The molecule has 0 fully saturated rings. The highest BCUT2D eigenvalue weighted by atomic mass is 79.9. The lowest BCUT2D eigenvalue weighted by atomic mass is 10.2. The van der Waals surface area contributed by atoms with E-state index in [1.54, 1.807) is 13.2 Å². The highest BCUT2D eigenvalue weighted by Gasteiger charge is 2.15. The van der Waals surface area contributed by atoms with Gasteiger partial charge >= 0.3 is 0 Å². The van der Waals surface area contributed by atoms with Crippen LogP contribution in [0.25, 0.3) is 0 Å². The molecule has 0 heterocycles. The number of nitrogens with one attached hydrogen (secondary N) is 1. The fourth-order valence-corrected chi connectivity index (χ4v) is 2.65. The quantitative estimate of drug-likeness (QED) is 0.575. The second-order valence-corrected chi connectivity index (χ2v) is 5.59. The lowest BCUT2D eigenvalue weighted by molar-refractivity contribution is 0.211. The first-order valence-corrected chi connectivity index (χ1v) is 7.20. The van der Waals surface area contributed by atoms with E-state index in [4.69, 9.17) is 27.9 Å². The first-order chi connectivity index (χ1) is 8.01. The summed E-state index contributed by atoms with van der Waals surface area (Å²) >= 11 is 18.3. The van der Waals surface area contributed by atoms with Crippen LogP contribution in [0.2, 0.25) is 5.02 Å². The predicted molar refractivity (Wildman–Crippen MR) is 78.6 cm³/mol. The monoisotopic (exact) mass is 405 g/mol. The van der Waals surface area contributed by atoms with Crippen LogP contribution >= 0.6 is 55.1 Å². The largest absolute Gasteiger partial charge is 0.495 e. The topological polar surface area (TPSA) is 41.5 Å². The van der Waals surface area contributed by atoms with E-state index in [-0.39, 0.29) is 5.88 Å². The van der Waals surface area contributed by atoms with Crippen molar-refractivity contribution in [1.82, 2.24) is 0 Å². The highest BCUT2D eigenvalue weighted by Crippen LogP contribution is 2.42. The Hall–Kier alpha value is 0.320. The Bertz CT molecular complexity index is 404. The number of halogens is 4. The molecule has 0 saturated heterocycles. The summed E-state index contributed by atoms with van der Waals surface area (Å²) in [6.07, 6.45) is -0.629. The Balaban J connectivity index is 3.00. The number of ether oxygens (including phenoxy) is 1. The van der Waals surface area contributed by atoms with E-state index in [0.717, 1.165) is 4.47 Å². The van der Waals surface area contributed by atoms with Crippen molar-refractivity contribution in [3.8, 4) is 5.75 Å². The molecular formula is C10H11Br2Cl2NO2. The molecule has 0 radical (unpaired) electrons. The lowest BCUT2D eigenvalue weighted by Crippen LogP contribution is -2.21. The maximum absolute atomic E-state index is 9.40. The zero-order valence-corrected chi connectivity index (χ0v) is 13.6. The van der Waals surface area contributed by atoms with Crippen molar-refractivity contribution in [3.63, 3.8) is 0 Å². The summed E-state index contributed by atoms with van der Waals surface area (Å²) in [4.78, 5) is 0. The van der Waals surface area contributed by atoms with E-state index >= 15 is 0 Å². The number of alkyl halides is 1. The van der Waals surface area contributed by atoms with Gasteiger partial charge in [-0.15, -0.1) is 11.6 Å². The standard InChI is InChI=1S/C10H11Br2Cl2NO2/c1-17-7-2-6(11)9(14)8(12)10(7)15-4-5(16)3-13/h2,5,15-16H,3-4H2,1H3. The summed E-state index contributed by atoms with van der Waals surface area (Å²) in [5.74, 6) is 0.784. The number of hydrogen-bond acceptors (Lipinski definition) is 3. The van der Waals surface area contributed by atoms with Gasteiger partial charge in [-0.3, -0.25) is 0 Å². The Morgan fingerprint density at radius 3 is 2.71 bits per heavy atom. The van der Waals surface area contributed by atoms with Crippen LogP contribution in [0.1, 0.15) is 0 Å². The van der Waals surface area contributed by atoms with Gasteiger partial charge in [-0.1, -0.05) is 11.6 Å². The molecule has 1 aromatic carbocycles. The van der Waals surface area contributed by atoms with Crippen LogP contribution in [0.3, 0.4) is 0 Å². The normalized spacial score (nSPS) is 12.4. The number of aliphatic hydroxyl groups excluding tert-OH is 1. The minimum Gasteiger partial charge on any atom is -0.495 e. The average molecular weight is 408 g/mol. The fraction of sp³-hybridized carbons (Fsp3) is 0.400. The molecule has 1 rings (SSSR count). The van der Waals surface area contributed by atoms with Gasteiger partial charge in [0.1, 0.15) is 5.75 Å². The van der Waals surface area contributed by atoms with Gasteiger partial charge in [0.25, 0.3) is 0 Å². The average Bonchev–Trinajstić information content (AvgIpc) is 2.33. The predicted octanol–water partition coefficient (Wildman–Crippen LogP) is 3.89. The molecule has 7 heteroatoms. The maximum Gasteiger partial charge on any atom is 0.144 e. The number of methoxy groups -OCH3 is 1. The van der Waals surface area contributed by atoms with Crippen LogP contribution in [0, 0.1) is 0 Å². The fourth-order valence-electron chi connectivity index (χ4n) is 1.17. The van der Waals surface area contributed by atoms with Gasteiger partial charge in [-0.2, -0.15) is 0 Å². The van der Waals surface area contributed by atoms with E-state index in [9.17, 15) is 5.11 Å². The summed E-state index contributed by atoms with van der Waals surface area (Å²) in [6.45, 7) is 0.316. The van der Waals surface area contributed by atoms with Gasteiger partial charge in [-0.25, -0.2) is 0 Å². The molecule has 0 amide bonds. The van der Waals surface area contributed by atoms with Crippen molar-refractivity contribution < 1.29 is 9.84 Å². The zero-order valence-electron chi connectivity index (χ0n) is 8.94. The van der Waals surface area contributed by atoms with Crippen LogP contribution in [-0.2, 0) is 0 Å². The molecular weight excluding hydrogens is 397 g/mol.